The molecule has 0 saturated heterocycles. The summed E-state index contributed by atoms with van der Waals surface area (Å²) in [6, 6.07) is 9.24. The maximum absolute atomic E-state index is 12.8. The van der Waals surface area contributed by atoms with Crippen molar-refractivity contribution in [3.05, 3.63) is 65.0 Å². The molecule has 2 amide bonds. The summed E-state index contributed by atoms with van der Waals surface area (Å²) in [5.41, 5.74) is 2.39. The number of furan rings is 1. The normalized spacial score (nSPS) is 10.7. The molecule has 6 nitrogen and oxygen atoms in total. The second kappa shape index (κ2) is 7.21. The topological polar surface area (TPSA) is 80.3 Å². The molecule has 0 unspecified atom stereocenters. The Hall–Kier alpha value is -3.09. The molecule has 0 spiro atoms. The second-order valence-corrected chi connectivity index (χ2v) is 5.63. The molecule has 25 heavy (non-hydrogen) atoms. The van der Waals surface area contributed by atoms with Gasteiger partial charge in [-0.25, -0.2) is 9.18 Å². The fourth-order valence-electron chi connectivity index (χ4n) is 2.46. The SMILES string of the molecule is Cc1noc(C)c1-c1ccc(CNC(=O)NCc2ccc(F)cc2)o1. The summed E-state index contributed by atoms with van der Waals surface area (Å²) in [5, 5.41) is 9.31. The van der Waals surface area contributed by atoms with Crippen molar-refractivity contribution in [1.29, 1.82) is 0 Å². The van der Waals surface area contributed by atoms with Gasteiger partial charge in [0.15, 0.2) is 0 Å². The Labute approximate surface area is 144 Å². The van der Waals surface area contributed by atoms with Crippen LogP contribution >= 0.6 is 0 Å². The van der Waals surface area contributed by atoms with Crippen LogP contribution in [-0.2, 0) is 13.1 Å². The summed E-state index contributed by atoms with van der Waals surface area (Å²) < 4.78 is 23.7. The largest absolute Gasteiger partial charge is 0.459 e. The highest BCUT2D eigenvalue weighted by atomic mass is 19.1. The zero-order valence-electron chi connectivity index (χ0n) is 13.9. The number of rotatable bonds is 5. The van der Waals surface area contributed by atoms with Crippen LogP contribution in [0.2, 0.25) is 0 Å². The summed E-state index contributed by atoms with van der Waals surface area (Å²) >= 11 is 0. The van der Waals surface area contributed by atoms with Gasteiger partial charge in [0.25, 0.3) is 0 Å². The third-order valence-electron chi connectivity index (χ3n) is 3.73. The monoisotopic (exact) mass is 343 g/mol. The summed E-state index contributed by atoms with van der Waals surface area (Å²) in [7, 11) is 0. The van der Waals surface area contributed by atoms with Crippen LogP contribution in [0.15, 0.2) is 45.3 Å². The Balaban J connectivity index is 1.52. The Kier molecular flexibility index (Phi) is 4.83. The van der Waals surface area contributed by atoms with Crippen LogP contribution in [0.1, 0.15) is 22.8 Å². The number of benzene rings is 1. The molecular weight excluding hydrogens is 325 g/mol. The fraction of sp³-hybridized carbons (Fsp3) is 0.222. The van der Waals surface area contributed by atoms with Crippen LogP contribution < -0.4 is 10.6 Å². The van der Waals surface area contributed by atoms with E-state index in [4.69, 9.17) is 8.94 Å². The first kappa shape index (κ1) is 16.8. The lowest BCUT2D eigenvalue weighted by molar-refractivity contribution is 0.239. The number of halogens is 1. The standard InChI is InChI=1S/C18H18FN3O3/c1-11-17(12(2)25-22-11)16-8-7-15(24-16)10-21-18(23)20-9-13-3-5-14(19)6-4-13/h3-8H,9-10H2,1-2H3,(H2,20,21,23). The maximum atomic E-state index is 12.8. The molecule has 0 fully saturated rings. The third-order valence-corrected chi connectivity index (χ3v) is 3.73. The minimum Gasteiger partial charge on any atom is -0.459 e. The van der Waals surface area contributed by atoms with E-state index in [1.807, 2.05) is 19.9 Å². The van der Waals surface area contributed by atoms with Gasteiger partial charge in [-0.1, -0.05) is 17.3 Å². The molecule has 7 heteroatoms. The van der Waals surface area contributed by atoms with Gasteiger partial charge in [-0.3, -0.25) is 0 Å². The minimum absolute atomic E-state index is 0.249. The highest BCUT2D eigenvalue weighted by molar-refractivity contribution is 5.73. The predicted molar refractivity (Wildman–Crippen MR) is 89.2 cm³/mol. The molecule has 2 N–H and O–H groups in total. The first-order valence-electron chi connectivity index (χ1n) is 7.81. The van der Waals surface area contributed by atoms with Gasteiger partial charge in [0.1, 0.15) is 23.1 Å². The highest BCUT2D eigenvalue weighted by Crippen LogP contribution is 2.28. The van der Waals surface area contributed by atoms with Gasteiger partial charge < -0.3 is 19.6 Å². The first-order valence-corrected chi connectivity index (χ1v) is 7.81. The van der Waals surface area contributed by atoms with Crippen LogP contribution in [0, 0.1) is 19.7 Å². The summed E-state index contributed by atoms with van der Waals surface area (Å²) in [5.74, 6) is 1.65. The van der Waals surface area contributed by atoms with E-state index >= 15 is 0 Å². The van der Waals surface area contributed by atoms with Crippen LogP contribution in [-0.4, -0.2) is 11.2 Å². The number of carbonyl (C=O) groups excluding carboxylic acids is 1. The molecule has 0 bridgehead atoms. The molecular formula is C18H18FN3O3. The van der Waals surface area contributed by atoms with Crippen molar-refractivity contribution >= 4 is 6.03 Å². The van der Waals surface area contributed by atoms with E-state index < -0.39 is 0 Å². The third kappa shape index (κ3) is 4.06. The van der Waals surface area contributed by atoms with Crippen molar-refractivity contribution in [2.45, 2.75) is 26.9 Å². The van der Waals surface area contributed by atoms with Crippen LogP contribution in [0.3, 0.4) is 0 Å². The van der Waals surface area contributed by atoms with Gasteiger partial charge in [-0.05, 0) is 43.7 Å². The van der Waals surface area contributed by atoms with Crippen LogP contribution in [0.25, 0.3) is 11.3 Å². The van der Waals surface area contributed by atoms with E-state index in [1.54, 1.807) is 18.2 Å². The van der Waals surface area contributed by atoms with Gasteiger partial charge in [0.05, 0.1) is 17.8 Å². The molecule has 1 aromatic carbocycles. The molecule has 0 aliphatic carbocycles. The van der Waals surface area contributed by atoms with Gasteiger partial charge in [-0.2, -0.15) is 0 Å². The summed E-state index contributed by atoms with van der Waals surface area (Å²) in [6.45, 7) is 4.22. The van der Waals surface area contributed by atoms with Crippen LogP contribution in [0.4, 0.5) is 9.18 Å². The fourth-order valence-corrected chi connectivity index (χ4v) is 2.46. The van der Waals surface area contributed by atoms with E-state index in [9.17, 15) is 9.18 Å². The lowest BCUT2D eigenvalue weighted by Crippen LogP contribution is -2.34. The van der Waals surface area contributed by atoms with Crippen molar-refractivity contribution in [1.82, 2.24) is 15.8 Å². The van der Waals surface area contributed by atoms with Crippen molar-refractivity contribution < 1.29 is 18.1 Å². The molecule has 0 aliphatic rings. The van der Waals surface area contributed by atoms with Gasteiger partial charge in [0, 0.05) is 6.54 Å². The summed E-state index contributed by atoms with van der Waals surface area (Å²) in [6.07, 6.45) is 0. The second-order valence-electron chi connectivity index (χ2n) is 5.63. The molecule has 3 rings (SSSR count). The van der Waals surface area contributed by atoms with Gasteiger partial charge in [-0.15, -0.1) is 0 Å². The van der Waals surface area contributed by atoms with Crippen molar-refractivity contribution in [3.8, 4) is 11.3 Å². The lowest BCUT2D eigenvalue weighted by atomic mass is 10.1. The molecule has 0 atom stereocenters. The maximum Gasteiger partial charge on any atom is 0.315 e. The number of nitrogens with zero attached hydrogens (tertiary/aromatic N) is 1. The molecule has 2 aromatic heterocycles. The average molecular weight is 343 g/mol. The predicted octanol–water partition coefficient (Wildman–Crippen LogP) is 3.69. The van der Waals surface area contributed by atoms with E-state index in [2.05, 4.69) is 15.8 Å². The number of carbonyl (C=O) groups is 1. The van der Waals surface area contributed by atoms with Crippen molar-refractivity contribution in [2.24, 2.45) is 0 Å². The molecule has 2 heterocycles. The van der Waals surface area contributed by atoms with Gasteiger partial charge >= 0.3 is 6.03 Å². The highest BCUT2D eigenvalue weighted by Gasteiger charge is 2.15. The average Bonchev–Trinajstić information content (AvgIpc) is 3.18. The minimum atomic E-state index is -0.334. The first-order chi connectivity index (χ1) is 12.0. The number of amides is 2. The van der Waals surface area contributed by atoms with E-state index in [0.717, 1.165) is 16.8 Å². The van der Waals surface area contributed by atoms with Crippen molar-refractivity contribution in [2.75, 3.05) is 0 Å². The Morgan fingerprint density at radius 3 is 2.48 bits per heavy atom. The number of hydrogen-bond acceptors (Lipinski definition) is 4. The zero-order valence-corrected chi connectivity index (χ0v) is 13.9. The Morgan fingerprint density at radius 1 is 1.08 bits per heavy atom. The molecule has 0 radical (unpaired) electrons. The number of aryl methyl sites for hydroxylation is 2. The number of aromatic nitrogens is 1. The molecule has 130 valence electrons. The van der Waals surface area contributed by atoms with Crippen molar-refractivity contribution in [3.63, 3.8) is 0 Å². The molecule has 3 aromatic rings. The zero-order chi connectivity index (χ0) is 17.8. The molecule has 0 aliphatic heterocycles. The van der Waals surface area contributed by atoms with Crippen LogP contribution in [0.5, 0.6) is 0 Å². The van der Waals surface area contributed by atoms with E-state index in [0.29, 0.717) is 23.8 Å². The number of hydrogen-bond donors (Lipinski definition) is 2. The van der Waals surface area contributed by atoms with E-state index in [-0.39, 0.29) is 18.4 Å². The molecule has 0 saturated carbocycles. The quantitative estimate of drug-likeness (QED) is 0.740. The Morgan fingerprint density at radius 2 is 1.80 bits per heavy atom. The lowest BCUT2D eigenvalue weighted by Gasteiger charge is -2.06. The number of nitrogens with one attached hydrogen (secondary N) is 2. The summed E-state index contributed by atoms with van der Waals surface area (Å²) in [4.78, 5) is 11.8. The smallest absolute Gasteiger partial charge is 0.315 e. The number of urea groups is 1. The Bertz CT molecular complexity index is 849. The van der Waals surface area contributed by atoms with Gasteiger partial charge in [0.2, 0.25) is 0 Å². The van der Waals surface area contributed by atoms with E-state index in [1.165, 1.54) is 12.1 Å².